The van der Waals surface area contributed by atoms with Crippen LogP contribution in [0.4, 0.5) is 0 Å². The first-order chi connectivity index (χ1) is 8.83. The minimum atomic E-state index is 0. The molecule has 3 heteroatoms. The predicted molar refractivity (Wildman–Crippen MR) is 83.4 cm³/mol. The van der Waals surface area contributed by atoms with Crippen molar-refractivity contribution in [3.05, 3.63) is 48.0 Å². The van der Waals surface area contributed by atoms with E-state index in [1.807, 2.05) is 0 Å². The Kier molecular flexibility index (Phi) is 4.43. The number of halogens is 1. The summed E-state index contributed by atoms with van der Waals surface area (Å²) in [6.07, 6.45) is 3.23. The Morgan fingerprint density at radius 2 is 1.68 bits per heavy atom. The van der Waals surface area contributed by atoms with Crippen molar-refractivity contribution < 1.29 is 0 Å². The fraction of sp³-hybridized carbons (Fsp3) is 0.312. The maximum absolute atomic E-state index is 8.16. The van der Waals surface area contributed by atoms with Crippen LogP contribution in [0.1, 0.15) is 18.4 Å². The van der Waals surface area contributed by atoms with Gasteiger partial charge in [0.1, 0.15) is 5.84 Å². The number of hydrogen-bond donors (Lipinski definition) is 1. The third-order valence-electron chi connectivity index (χ3n) is 3.67. The van der Waals surface area contributed by atoms with Crippen LogP contribution >= 0.6 is 12.4 Å². The van der Waals surface area contributed by atoms with Crippen LogP contribution in [0.5, 0.6) is 0 Å². The Labute approximate surface area is 120 Å². The van der Waals surface area contributed by atoms with E-state index in [1.54, 1.807) is 0 Å². The SMILES string of the molecule is Cl.N=C(Cc1ccc2ccccc2c1)N1CCCC1. The average molecular weight is 275 g/mol. The van der Waals surface area contributed by atoms with Gasteiger partial charge in [-0.3, -0.25) is 5.41 Å². The van der Waals surface area contributed by atoms with Crippen molar-refractivity contribution in [2.45, 2.75) is 19.3 Å². The summed E-state index contributed by atoms with van der Waals surface area (Å²) in [6.45, 7) is 2.12. The third-order valence-corrected chi connectivity index (χ3v) is 3.67. The second kappa shape index (κ2) is 6.07. The van der Waals surface area contributed by atoms with Crippen molar-refractivity contribution in [3.63, 3.8) is 0 Å². The molecule has 100 valence electrons. The molecule has 1 fully saturated rings. The van der Waals surface area contributed by atoms with Gasteiger partial charge in [0.15, 0.2) is 0 Å². The van der Waals surface area contributed by atoms with E-state index in [4.69, 9.17) is 5.41 Å². The standard InChI is InChI=1S/C16H18N2.ClH/c17-16(18-9-3-4-10-18)12-13-7-8-14-5-1-2-6-15(14)11-13;/h1-2,5-8,11,17H,3-4,9-10,12H2;1H. The molecular weight excluding hydrogens is 256 g/mol. The molecule has 2 aromatic rings. The van der Waals surface area contributed by atoms with Gasteiger partial charge in [-0.15, -0.1) is 12.4 Å². The maximum Gasteiger partial charge on any atom is 0.100 e. The highest BCUT2D eigenvalue weighted by atomic mass is 35.5. The van der Waals surface area contributed by atoms with Crippen LogP contribution in [-0.4, -0.2) is 23.8 Å². The summed E-state index contributed by atoms with van der Waals surface area (Å²) < 4.78 is 0. The minimum Gasteiger partial charge on any atom is -0.360 e. The highest BCUT2D eigenvalue weighted by Crippen LogP contribution is 2.17. The number of nitrogens with one attached hydrogen (secondary N) is 1. The van der Waals surface area contributed by atoms with E-state index >= 15 is 0 Å². The Morgan fingerprint density at radius 3 is 2.42 bits per heavy atom. The summed E-state index contributed by atoms with van der Waals surface area (Å²) in [5.41, 5.74) is 1.24. The number of nitrogens with zero attached hydrogens (tertiary/aromatic N) is 1. The average Bonchev–Trinajstić information content (AvgIpc) is 2.92. The lowest BCUT2D eigenvalue weighted by molar-refractivity contribution is 0.507. The summed E-state index contributed by atoms with van der Waals surface area (Å²) >= 11 is 0. The molecule has 0 aromatic heterocycles. The van der Waals surface area contributed by atoms with Gasteiger partial charge in [-0.1, -0.05) is 42.5 Å². The zero-order valence-electron chi connectivity index (χ0n) is 10.9. The highest BCUT2D eigenvalue weighted by Gasteiger charge is 2.14. The van der Waals surface area contributed by atoms with E-state index in [0.717, 1.165) is 25.3 Å². The molecule has 0 atom stereocenters. The van der Waals surface area contributed by atoms with E-state index in [1.165, 1.54) is 29.2 Å². The van der Waals surface area contributed by atoms with E-state index in [9.17, 15) is 0 Å². The van der Waals surface area contributed by atoms with Gasteiger partial charge in [-0.05, 0) is 29.2 Å². The van der Waals surface area contributed by atoms with Gasteiger partial charge in [0.2, 0.25) is 0 Å². The summed E-state index contributed by atoms with van der Waals surface area (Å²) in [4.78, 5) is 2.20. The van der Waals surface area contributed by atoms with Gasteiger partial charge in [0.05, 0.1) is 0 Å². The molecule has 0 saturated carbocycles. The smallest absolute Gasteiger partial charge is 0.100 e. The molecule has 0 radical (unpaired) electrons. The number of amidine groups is 1. The van der Waals surface area contributed by atoms with Crippen LogP contribution in [0.15, 0.2) is 42.5 Å². The Morgan fingerprint density at radius 1 is 1.00 bits per heavy atom. The molecule has 2 nitrogen and oxygen atoms in total. The lowest BCUT2D eigenvalue weighted by Crippen LogP contribution is -2.28. The van der Waals surface area contributed by atoms with Crippen molar-refractivity contribution in [2.75, 3.05) is 13.1 Å². The van der Waals surface area contributed by atoms with Crippen LogP contribution in [0.3, 0.4) is 0 Å². The quantitative estimate of drug-likeness (QED) is 0.653. The molecule has 1 aliphatic rings. The number of fused-ring (bicyclic) bond motifs is 1. The number of hydrogen-bond acceptors (Lipinski definition) is 1. The first kappa shape index (κ1) is 13.9. The molecule has 0 amide bonds. The lowest BCUT2D eigenvalue weighted by atomic mass is 10.0. The van der Waals surface area contributed by atoms with Gasteiger partial charge in [0.25, 0.3) is 0 Å². The van der Waals surface area contributed by atoms with E-state index in [2.05, 4.69) is 47.4 Å². The minimum absolute atomic E-state index is 0. The molecule has 1 aliphatic heterocycles. The zero-order valence-corrected chi connectivity index (χ0v) is 11.7. The van der Waals surface area contributed by atoms with Gasteiger partial charge in [-0.2, -0.15) is 0 Å². The second-order valence-electron chi connectivity index (χ2n) is 5.00. The largest absolute Gasteiger partial charge is 0.360 e. The maximum atomic E-state index is 8.16. The molecule has 19 heavy (non-hydrogen) atoms. The van der Waals surface area contributed by atoms with Crippen LogP contribution in [0.2, 0.25) is 0 Å². The van der Waals surface area contributed by atoms with E-state index in [0.29, 0.717) is 0 Å². The third kappa shape index (κ3) is 3.07. The number of rotatable bonds is 2. The monoisotopic (exact) mass is 274 g/mol. The molecule has 0 aliphatic carbocycles. The van der Waals surface area contributed by atoms with Gasteiger partial charge < -0.3 is 4.90 Å². The molecule has 0 spiro atoms. The van der Waals surface area contributed by atoms with Gasteiger partial charge in [0, 0.05) is 19.5 Å². The zero-order chi connectivity index (χ0) is 12.4. The van der Waals surface area contributed by atoms with Crippen LogP contribution < -0.4 is 0 Å². The Hall–Kier alpha value is -1.54. The molecule has 1 saturated heterocycles. The summed E-state index contributed by atoms with van der Waals surface area (Å²) in [5, 5.41) is 10.7. The first-order valence-corrected chi connectivity index (χ1v) is 6.63. The van der Waals surface area contributed by atoms with Crippen LogP contribution in [-0.2, 0) is 6.42 Å². The van der Waals surface area contributed by atoms with Crippen molar-refractivity contribution in [1.29, 1.82) is 5.41 Å². The van der Waals surface area contributed by atoms with Crippen molar-refractivity contribution >= 4 is 29.0 Å². The molecule has 0 bridgehead atoms. The van der Waals surface area contributed by atoms with Crippen molar-refractivity contribution in [1.82, 2.24) is 4.90 Å². The van der Waals surface area contributed by atoms with Crippen LogP contribution in [0, 0.1) is 5.41 Å². The van der Waals surface area contributed by atoms with Gasteiger partial charge >= 0.3 is 0 Å². The molecule has 2 aromatic carbocycles. The molecule has 0 unspecified atom stereocenters. The Bertz CT molecular complexity index is 574. The second-order valence-corrected chi connectivity index (χ2v) is 5.00. The fourth-order valence-electron chi connectivity index (χ4n) is 2.64. The topological polar surface area (TPSA) is 27.1 Å². The van der Waals surface area contributed by atoms with E-state index < -0.39 is 0 Å². The normalized spacial score (nSPS) is 14.4. The number of benzene rings is 2. The molecule has 3 rings (SSSR count). The molecule has 1 N–H and O–H groups in total. The summed E-state index contributed by atoms with van der Waals surface area (Å²) in [6, 6.07) is 14.9. The number of likely N-dealkylation sites (tertiary alicyclic amines) is 1. The van der Waals surface area contributed by atoms with Gasteiger partial charge in [-0.25, -0.2) is 0 Å². The fourth-order valence-corrected chi connectivity index (χ4v) is 2.64. The van der Waals surface area contributed by atoms with Crippen LogP contribution in [0.25, 0.3) is 10.8 Å². The predicted octanol–water partition coefficient (Wildman–Crippen LogP) is 3.88. The van der Waals surface area contributed by atoms with E-state index in [-0.39, 0.29) is 12.4 Å². The summed E-state index contributed by atoms with van der Waals surface area (Å²) in [7, 11) is 0. The lowest BCUT2D eigenvalue weighted by Gasteiger charge is -2.18. The first-order valence-electron chi connectivity index (χ1n) is 6.63. The molecule has 1 heterocycles. The van der Waals surface area contributed by atoms with Crippen molar-refractivity contribution in [3.8, 4) is 0 Å². The summed E-state index contributed by atoms with van der Waals surface area (Å²) in [5.74, 6) is 0.766. The molecular formula is C16H19ClN2. The Balaban J connectivity index is 0.00000133. The highest BCUT2D eigenvalue weighted by molar-refractivity contribution is 5.86. The van der Waals surface area contributed by atoms with Crippen molar-refractivity contribution in [2.24, 2.45) is 0 Å².